The molecule has 196 valence electrons. The molecule has 1 aliphatic carbocycles. The van der Waals surface area contributed by atoms with Gasteiger partial charge in [0.1, 0.15) is 5.69 Å². The first-order valence-electron chi connectivity index (χ1n) is 12.6. The van der Waals surface area contributed by atoms with Crippen molar-refractivity contribution in [2.75, 3.05) is 0 Å². The molecule has 2 aromatic carbocycles. The molecule has 3 aromatic rings. The van der Waals surface area contributed by atoms with Crippen LogP contribution in [0.5, 0.6) is 0 Å². The third kappa shape index (κ3) is 6.12. The summed E-state index contributed by atoms with van der Waals surface area (Å²) in [5.41, 5.74) is 1.98. The van der Waals surface area contributed by atoms with Crippen LogP contribution in [0.1, 0.15) is 79.8 Å². The van der Waals surface area contributed by atoms with E-state index in [1.54, 1.807) is 24.3 Å². The SMILES string of the molecule is CC(=O)c1ccc(Cn2nc(-c3cc(F)c(F)c(F)c3)cc2C(=O)N[C@H]2CC[C@@H](C(C)(C)C)CC2)cc1. The second kappa shape index (κ2) is 10.5. The number of rotatable bonds is 6. The standard InChI is InChI=1S/C29H32F3N3O2/c1-17(36)19-7-5-18(6-8-19)16-35-26(15-25(34-35)20-13-23(30)27(32)24(31)14-20)28(37)33-22-11-9-21(10-12-22)29(2,3)4/h5-8,13-15,21-22H,9-12,16H2,1-4H3,(H,33,37)/t21-,22+. The first-order chi connectivity index (χ1) is 17.4. The molecule has 1 saturated carbocycles. The van der Waals surface area contributed by atoms with Crippen LogP contribution in [-0.2, 0) is 6.54 Å². The van der Waals surface area contributed by atoms with Gasteiger partial charge in [-0.3, -0.25) is 14.3 Å². The molecule has 1 N–H and O–H groups in total. The number of Topliss-reactive ketones (excluding diaryl/α,β-unsaturated/α-hetero) is 1. The van der Waals surface area contributed by atoms with Gasteiger partial charge < -0.3 is 5.32 Å². The maximum atomic E-state index is 13.9. The zero-order valence-corrected chi connectivity index (χ0v) is 21.6. The lowest BCUT2D eigenvalue weighted by molar-refractivity contribution is 0.0893. The van der Waals surface area contributed by atoms with Crippen molar-refractivity contribution in [3.63, 3.8) is 0 Å². The fourth-order valence-corrected chi connectivity index (χ4v) is 4.95. The van der Waals surface area contributed by atoms with Crippen molar-refractivity contribution in [3.8, 4) is 11.3 Å². The highest BCUT2D eigenvalue weighted by molar-refractivity contribution is 5.94. The van der Waals surface area contributed by atoms with Crippen LogP contribution < -0.4 is 5.32 Å². The summed E-state index contributed by atoms with van der Waals surface area (Å²) < 4.78 is 42.8. The Labute approximate surface area is 215 Å². The van der Waals surface area contributed by atoms with Crippen LogP contribution in [0.3, 0.4) is 0 Å². The largest absolute Gasteiger partial charge is 0.348 e. The van der Waals surface area contributed by atoms with Gasteiger partial charge in [0.15, 0.2) is 23.2 Å². The second-order valence-corrected chi connectivity index (χ2v) is 11.0. The predicted octanol–water partition coefficient (Wildman–Crippen LogP) is 6.55. The molecule has 4 rings (SSSR count). The van der Waals surface area contributed by atoms with Gasteiger partial charge in [0.2, 0.25) is 0 Å². The molecular formula is C29H32F3N3O2. The third-order valence-electron chi connectivity index (χ3n) is 7.27. The fourth-order valence-electron chi connectivity index (χ4n) is 4.95. The van der Waals surface area contributed by atoms with Gasteiger partial charge in [-0.25, -0.2) is 13.2 Å². The molecule has 1 heterocycles. The minimum atomic E-state index is -1.56. The molecule has 0 radical (unpaired) electrons. The van der Waals surface area contributed by atoms with Crippen molar-refractivity contribution in [2.24, 2.45) is 11.3 Å². The highest BCUT2D eigenvalue weighted by Gasteiger charge is 2.31. The zero-order valence-electron chi connectivity index (χ0n) is 21.6. The van der Waals surface area contributed by atoms with Gasteiger partial charge in [-0.05, 0) is 67.7 Å². The Kier molecular flexibility index (Phi) is 7.57. The van der Waals surface area contributed by atoms with Gasteiger partial charge in [0.05, 0.1) is 12.2 Å². The Bertz CT molecular complexity index is 1280. The maximum Gasteiger partial charge on any atom is 0.269 e. The summed E-state index contributed by atoms with van der Waals surface area (Å²) >= 11 is 0. The number of hydrogen-bond donors (Lipinski definition) is 1. The first-order valence-corrected chi connectivity index (χ1v) is 12.6. The summed E-state index contributed by atoms with van der Waals surface area (Å²) in [6.45, 7) is 8.39. The van der Waals surface area contributed by atoms with Gasteiger partial charge >= 0.3 is 0 Å². The van der Waals surface area contributed by atoms with Crippen molar-refractivity contribution in [3.05, 3.63) is 76.7 Å². The normalized spacial score (nSPS) is 18.0. The summed E-state index contributed by atoms with van der Waals surface area (Å²) in [6, 6.07) is 10.1. The van der Waals surface area contributed by atoms with Crippen LogP contribution >= 0.6 is 0 Å². The van der Waals surface area contributed by atoms with Gasteiger partial charge in [-0.1, -0.05) is 45.0 Å². The van der Waals surface area contributed by atoms with Crippen LogP contribution in [-0.4, -0.2) is 27.5 Å². The lowest BCUT2D eigenvalue weighted by Gasteiger charge is -2.37. The van der Waals surface area contributed by atoms with Gasteiger partial charge in [0, 0.05) is 17.2 Å². The molecule has 8 heteroatoms. The zero-order chi connectivity index (χ0) is 26.9. The van der Waals surface area contributed by atoms with Crippen molar-refractivity contribution < 1.29 is 22.8 Å². The van der Waals surface area contributed by atoms with E-state index in [-0.39, 0.29) is 46.6 Å². The van der Waals surface area contributed by atoms with Gasteiger partial charge in [-0.15, -0.1) is 0 Å². The van der Waals surface area contributed by atoms with Crippen molar-refractivity contribution >= 4 is 11.7 Å². The molecule has 0 unspecified atom stereocenters. The molecule has 37 heavy (non-hydrogen) atoms. The van der Waals surface area contributed by atoms with Crippen LogP contribution in [0.15, 0.2) is 42.5 Å². The molecule has 5 nitrogen and oxygen atoms in total. The summed E-state index contributed by atoms with van der Waals surface area (Å²) in [6.07, 6.45) is 3.79. The summed E-state index contributed by atoms with van der Waals surface area (Å²) in [5, 5.41) is 7.54. The molecule has 1 fully saturated rings. The number of benzene rings is 2. The number of amides is 1. The van der Waals surface area contributed by atoms with E-state index < -0.39 is 17.5 Å². The number of halogens is 3. The average Bonchev–Trinajstić information content (AvgIpc) is 3.26. The lowest BCUT2D eigenvalue weighted by atomic mass is 9.71. The fraction of sp³-hybridized carbons (Fsp3) is 0.414. The molecule has 1 amide bonds. The Morgan fingerprint density at radius 1 is 0.973 bits per heavy atom. The molecule has 0 aliphatic heterocycles. The predicted molar refractivity (Wildman–Crippen MR) is 136 cm³/mol. The van der Waals surface area contributed by atoms with Crippen molar-refractivity contribution in [1.82, 2.24) is 15.1 Å². The number of carbonyl (C=O) groups excluding carboxylic acids is 2. The third-order valence-corrected chi connectivity index (χ3v) is 7.27. The molecule has 1 aromatic heterocycles. The minimum absolute atomic E-state index is 0.0217. The number of nitrogens with one attached hydrogen (secondary N) is 1. The highest BCUT2D eigenvalue weighted by Crippen LogP contribution is 2.37. The van der Waals surface area contributed by atoms with Crippen LogP contribution in [0.25, 0.3) is 11.3 Å². The smallest absolute Gasteiger partial charge is 0.269 e. The maximum absolute atomic E-state index is 13.9. The Hall–Kier alpha value is -3.42. The summed E-state index contributed by atoms with van der Waals surface area (Å²) in [4.78, 5) is 25.0. The first kappa shape index (κ1) is 26.6. The molecule has 1 aliphatic rings. The van der Waals surface area contributed by atoms with E-state index in [1.807, 2.05) is 0 Å². The van der Waals surface area contributed by atoms with Crippen molar-refractivity contribution in [1.29, 1.82) is 0 Å². The minimum Gasteiger partial charge on any atom is -0.348 e. The van der Waals surface area contributed by atoms with E-state index in [9.17, 15) is 22.8 Å². The van der Waals surface area contributed by atoms with Crippen LogP contribution in [0, 0.1) is 28.8 Å². The highest BCUT2D eigenvalue weighted by atomic mass is 19.2. The lowest BCUT2D eigenvalue weighted by Crippen LogP contribution is -2.40. The molecule has 0 saturated heterocycles. The number of aromatic nitrogens is 2. The molecular weight excluding hydrogens is 479 g/mol. The van der Waals surface area contributed by atoms with Crippen LogP contribution in [0.2, 0.25) is 0 Å². The van der Waals surface area contributed by atoms with Gasteiger partial charge in [0.25, 0.3) is 5.91 Å². The van der Waals surface area contributed by atoms with Crippen LogP contribution in [0.4, 0.5) is 13.2 Å². The Balaban J connectivity index is 1.61. The molecule has 0 atom stereocenters. The van der Waals surface area contributed by atoms with E-state index in [1.165, 1.54) is 17.7 Å². The van der Waals surface area contributed by atoms with E-state index >= 15 is 0 Å². The average molecular weight is 512 g/mol. The Morgan fingerprint density at radius 2 is 1.57 bits per heavy atom. The summed E-state index contributed by atoms with van der Waals surface area (Å²) in [7, 11) is 0. The van der Waals surface area contributed by atoms with E-state index in [4.69, 9.17) is 0 Å². The quantitative estimate of drug-likeness (QED) is 0.301. The number of hydrogen-bond acceptors (Lipinski definition) is 3. The number of nitrogens with zero attached hydrogens (tertiary/aromatic N) is 2. The summed E-state index contributed by atoms with van der Waals surface area (Å²) in [5.74, 6) is -4.01. The monoisotopic (exact) mass is 511 g/mol. The van der Waals surface area contributed by atoms with E-state index in [0.717, 1.165) is 43.4 Å². The Morgan fingerprint density at radius 3 is 2.11 bits per heavy atom. The van der Waals surface area contributed by atoms with E-state index in [2.05, 4.69) is 31.2 Å². The molecule has 0 bridgehead atoms. The van der Waals surface area contributed by atoms with E-state index in [0.29, 0.717) is 11.5 Å². The second-order valence-electron chi connectivity index (χ2n) is 11.0. The topological polar surface area (TPSA) is 64.0 Å². The van der Waals surface area contributed by atoms with Crippen molar-refractivity contribution in [2.45, 2.75) is 66.0 Å². The van der Waals surface area contributed by atoms with Gasteiger partial charge in [-0.2, -0.15) is 5.10 Å². The number of ketones is 1. The molecule has 0 spiro atoms. The number of carbonyl (C=O) groups is 2.